The Bertz CT molecular complexity index is 303. The van der Waals surface area contributed by atoms with Crippen molar-refractivity contribution in [2.24, 2.45) is 0 Å². The highest BCUT2D eigenvalue weighted by Crippen LogP contribution is 2.04. The number of carbonyl (C=O) groups is 3. The molecule has 0 aromatic carbocycles. The van der Waals surface area contributed by atoms with Crippen LogP contribution in [0.4, 0.5) is 0 Å². The molecular formula is C10H16N2O4. The van der Waals surface area contributed by atoms with E-state index in [-0.39, 0.29) is 19.1 Å². The molecule has 0 bridgehead atoms. The summed E-state index contributed by atoms with van der Waals surface area (Å²) >= 11 is 0. The van der Waals surface area contributed by atoms with Gasteiger partial charge in [-0.3, -0.25) is 14.4 Å². The summed E-state index contributed by atoms with van der Waals surface area (Å²) in [6.07, 6.45) is 0. The number of carbonyl (C=O) groups excluding carboxylic acids is 3. The Morgan fingerprint density at radius 1 is 1.25 bits per heavy atom. The number of amides is 2. The van der Waals surface area contributed by atoms with Crippen LogP contribution in [0.5, 0.6) is 0 Å². The lowest BCUT2D eigenvalue weighted by Gasteiger charge is -2.32. The molecule has 0 spiro atoms. The van der Waals surface area contributed by atoms with Gasteiger partial charge in [0.2, 0.25) is 0 Å². The minimum Gasteiger partial charge on any atom is -0.464 e. The summed E-state index contributed by atoms with van der Waals surface area (Å²) in [5.74, 6) is -1.37. The number of likely N-dealkylation sites (N-methyl/N-ethyl adjacent to an activating group) is 1. The van der Waals surface area contributed by atoms with Crippen molar-refractivity contribution in [2.75, 3.05) is 32.8 Å². The second-order valence-electron chi connectivity index (χ2n) is 3.52. The molecule has 16 heavy (non-hydrogen) atoms. The lowest BCUT2D eigenvalue weighted by molar-refractivity contribution is -0.157. The van der Waals surface area contributed by atoms with Crippen LogP contribution in [0.25, 0.3) is 0 Å². The summed E-state index contributed by atoms with van der Waals surface area (Å²) in [5.41, 5.74) is 0. The Kier molecular flexibility index (Phi) is 4.28. The second kappa shape index (κ2) is 5.48. The fourth-order valence-electron chi connectivity index (χ4n) is 1.53. The van der Waals surface area contributed by atoms with Gasteiger partial charge in [-0.25, -0.2) is 0 Å². The van der Waals surface area contributed by atoms with Crippen molar-refractivity contribution in [3.63, 3.8) is 0 Å². The van der Waals surface area contributed by atoms with Crippen molar-refractivity contribution in [3.8, 4) is 0 Å². The fourth-order valence-corrected chi connectivity index (χ4v) is 1.53. The molecule has 6 nitrogen and oxygen atoms in total. The maximum absolute atomic E-state index is 11.6. The first kappa shape index (κ1) is 12.5. The van der Waals surface area contributed by atoms with Crippen LogP contribution in [0.2, 0.25) is 0 Å². The van der Waals surface area contributed by atoms with Gasteiger partial charge in [0, 0.05) is 26.6 Å². The van der Waals surface area contributed by atoms with E-state index in [4.69, 9.17) is 4.74 Å². The minimum absolute atomic E-state index is 0.139. The van der Waals surface area contributed by atoms with Crippen LogP contribution in [0.15, 0.2) is 0 Å². The average Bonchev–Trinajstić information content (AvgIpc) is 2.24. The zero-order chi connectivity index (χ0) is 12.1. The molecule has 0 N–H and O–H groups in total. The van der Waals surface area contributed by atoms with Gasteiger partial charge in [-0.05, 0) is 6.92 Å². The molecule has 0 aromatic rings. The topological polar surface area (TPSA) is 66.9 Å². The number of esters is 1. The lowest BCUT2D eigenvalue weighted by Crippen LogP contribution is -2.54. The van der Waals surface area contributed by atoms with Crippen molar-refractivity contribution in [3.05, 3.63) is 0 Å². The molecule has 0 atom stereocenters. The van der Waals surface area contributed by atoms with E-state index in [0.29, 0.717) is 19.6 Å². The van der Waals surface area contributed by atoms with Crippen molar-refractivity contribution < 1.29 is 19.1 Å². The Hall–Kier alpha value is -1.59. The number of nitrogens with zero attached hydrogens (tertiary/aromatic N) is 2. The van der Waals surface area contributed by atoms with Crippen LogP contribution >= 0.6 is 0 Å². The molecule has 1 saturated heterocycles. The van der Waals surface area contributed by atoms with Crippen LogP contribution in [-0.2, 0) is 19.1 Å². The Morgan fingerprint density at radius 3 is 2.38 bits per heavy atom. The van der Waals surface area contributed by atoms with Gasteiger partial charge < -0.3 is 14.5 Å². The van der Waals surface area contributed by atoms with Gasteiger partial charge >= 0.3 is 17.8 Å². The van der Waals surface area contributed by atoms with Gasteiger partial charge in [-0.2, -0.15) is 0 Å². The summed E-state index contributed by atoms with van der Waals surface area (Å²) < 4.78 is 4.72. The van der Waals surface area contributed by atoms with E-state index >= 15 is 0 Å². The maximum Gasteiger partial charge on any atom is 0.312 e. The van der Waals surface area contributed by atoms with Gasteiger partial charge in [0.15, 0.2) is 0 Å². The van der Waals surface area contributed by atoms with Crippen LogP contribution in [-0.4, -0.2) is 60.4 Å². The lowest BCUT2D eigenvalue weighted by atomic mass is 10.3. The van der Waals surface area contributed by atoms with Gasteiger partial charge in [0.1, 0.15) is 6.61 Å². The first-order valence-corrected chi connectivity index (χ1v) is 5.27. The quantitative estimate of drug-likeness (QED) is 0.468. The largest absolute Gasteiger partial charge is 0.464 e. The monoisotopic (exact) mass is 228 g/mol. The normalized spacial score (nSPS) is 16.6. The number of piperazine rings is 1. The first-order valence-electron chi connectivity index (χ1n) is 5.27. The molecule has 6 heteroatoms. The Morgan fingerprint density at radius 2 is 1.81 bits per heavy atom. The number of rotatable bonds is 4. The summed E-state index contributed by atoms with van der Waals surface area (Å²) in [6.45, 7) is 5.15. The van der Waals surface area contributed by atoms with Crippen molar-refractivity contribution in [1.82, 2.24) is 9.80 Å². The van der Waals surface area contributed by atoms with E-state index in [2.05, 4.69) is 0 Å². The van der Waals surface area contributed by atoms with Gasteiger partial charge in [-0.1, -0.05) is 0 Å². The van der Waals surface area contributed by atoms with Gasteiger partial charge in [-0.15, -0.1) is 0 Å². The summed E-state index contributed by atoms with van der Waals surface area (Å²) in [7, 11) is 0. The highest BCUT2D eigenvalue weighted by molar-refractivity contribution is 6.35. The number of hydrogen-bond acceptors (Lipinski definition) is 4. The predicted molar refractivity (Wildman–Crippen MR) is 55.5 cm³/mol. The smallest absolute Gasteiger partial charge is 0.312 e. The summed E-state index contributed by atoms with van der Waals surface area (Å²) in [6, 6.07) is 0. The fraction of sp³-hybridized carbons (Fsp3) is 0.700. The first-order chi connectivity index (χ1) is 7.56. The predicted octanol–water partition coefficient (Wildman–Crippen LogP) is -0.760. The molecule has 1 rings (SSSR count). The Labute approximate surface area is 94.1 Å². The molecule has 1 aliphatic heterocycles. The van der Waals surface area contributed by atoms with Crippen molar-refractivity contribution in [2.45, 2.75) is 13.8 Å². The number of ether oxygens (including phenoxy) is 1. The van der Waals surface area contributed by atoms with E-state index in [1.807, 2.05) is 6.92 Å². The van der Waals surface area contributed by atoms with Crippen molar-refractivity contribution in [1.29, 1.82) is 0 Å². The summed E-state index contributed by atoms with van der Waals surface area (Å²) in [4.78, 5) is 36.5. The third-order valence-electron chi connectivity index (χ3n) is 2.45. The molecule has 2 amide bonds. The molecule has 0 saturated carbocycles. The van der Waals surface area contributed by atoms with E-state index in [1.54, 1.807) is 0 Å². The third-order valence-corrected chi connectivity index (χ3v) is 2.45. The molecule has 90 valence electrons. The zero-order valence-electron chi connectivity index (χ0n) is 9.56. The third kappa shape index (κ3) is 2.95. The van der Waals surface area contributed by atoms with E-state index in [1.165, 1.54) is 16.7 Å². The molecule has 0 aliphatic carbocycles. The average molecular weight is 228 g/mol. The molecule has 0 aromatic heterocycles. The summed E-state index contributed by atoms with van der Waals surface area (Å²) in [5, 5.41) is 0. The van der Waals surface area contributed by atoms with Gasteiger partial charge in [0.05, 0.1) is 6.54 Å². The van der Waals surface area contributed by atoms with E-state index in [0.717, 1.165) is 0 Å². The zero-order valence-corrected chi connectivity index (χ0v) is 9.56. The van der Waals surface area contributed by atoms with Crippen molar-refractivity contribution >= 4 is 17.8 Å². The number of hydrogen-bond donors (Lipinski definition) is 0. The van der Waals surface area contributed by atoms with Gasteiger partial charge in [0.25, 0.3) is 0 Å². The molecule has 1 fully saturated rings. The molecule has 1 aliphatic rings. The van der Waals surface area contributed by atoms with Crippen LogP contribution in [0.3, 0.4) is 0 Å². The van der Waals surface area contributed by atoms with Crippen LogP contribution < -0.4 is 0 Å². The standard InChI is InChI=1S/C10H16N2O4/c1-3-11-4-5-12(10(15)9(11)14)6-7-16-8(2)13/h3-7H2,1-2H3. The molecular weight excluding hydrogens is 212 g/mol. The maximum atomic E-state index is 11.6. The molecule has 1 heterocycles. The van der Waals surface area contributed by atoms with Crippen LogP contribution in [0.1, 0.15) is 13.8 Å². The van der Waals surface area contributed by atoms with Crippen LogP contribution in [0, 0.1) is 0 Å². The minimum atomic E-state index is -0.514. The molecule has 0 radical (unpaired) electrons. The Balaban J connectivity index is 2.42. The highest BCUT2D eigenvalue weighted by Gasteiger charge is 2.31. The second-order valence-corrected chi connectivity index (χ2v) is 3.52. The highest BCUT2D eigenvalue weighted by atomic mass is 16.5. The van der Waals surface area contributed by atoms with E-state index in [9.17, 15) is 14.4 Å². The molecule has 0 unspecified atom stereocenters. The van der Waals surface area contributed by atoms with E-state index < -0.39 is 11.8 Å². The SMILES string of the molecule is CCN1CCN(CCOC(C)=O)C(=O)C1=O.